The first-order valence-corrected chi connectivity index (χ1v) is 10.0. The lowest BCUT2D eigenvalue weighted by Gasteiger charge is -2.09. The molecule has 0 aliphatic heterocycles. The second kappa shape index (κ2) is 7.86. The van der Waals surface area contributed by atoms with Gasteiger partial charge in [0.25, 0.3) is 0 Å². The van der Waals surface area contributed by atoms with Gasteiger partial charge in [0, 0.05) is 16.5 Å². The second-order valence-corrected chi connectivity index (χ2v) is 8.06. The summed E-state index contributed by atoms with van der Waals surface area (Å²) in [6, 6.07) is 2.08. The van der Waals surface area contributed by atoms with Gasteiger partial charge in [0.1, 0.15) is 16.2 Å². The lowest BCUT2D eigenvalue weighted by atomic mass is 10.3. The van der Waals surface area contributed by atoms with Crippen LogP contribution in [0.4, 0.5) is 5.82 Å². The molecule has 3 heterocycles. The molecule has 3 aromatic rings. The summed E-state index contributed by atoms with van der Waals surface area (Å²) < 4.78 is 0. The van der Waals surface area contributed by atoms with E-state index < -0.39 is 0 Å². The van der Waals surface area contributed by atoms with Crippen molar-refractivity contribution < 1.29 is 4.79 Å². The van der Waals surface area contributed by atoms with Crippen LogP contribution in [-0.2, 0) is 11.2 Å². The van der Waals surface area contributed by atoms with Crippen molar-refractivity contribution in [3.05, 3.63) is 39.1 Å². The standard InChI is InChI=1S/C16H14Cl2N4OS2/c1-3-9-4-10-15(20-7-21-16(10)25-9)24-6-12(23)22-14-13(18)8(2)11(17)5-19-14/h4-5,7H,3,6H2,1-2H3,(H,19,22,23). The number of fused-ring (bicyclic) bond motifs is 1. The molecule has 0 spiro atoms. The number of amides is 1. The summed E-state index contributed by atoms with van der Waals surface area (Å²) in [5, 5.41) is 5.30. The number of nitrogens with zero attached hydrogens (tertiary/aromatic N) is 3. The number of hydrogen-bond donors (Lipinski definition) is 1. The fourth-order valence-corrected chi connectivity index (χ4v) is 4.28. The van der Waals surface area contributed by atoms with Crippen molar-refractivity contribution in [1.29, 1.82) is 0 Å². The number of aryl methyl sites for hydroxylation is 1. The number of carbonyl (C=O) groups excluding carboxylic acids is 1. The molecule has 3 rings (SSSR count). The maximum absolute atomic E-state index is 12.2. The van der Waals surface area contributed by atoms with Gasteiger partial charge in [-0.25, -0.2) is 15.0 Å². The van der Waals surface area contributed by atoms with E-state index in [1.165, 1.54) is 29.2 Å². The molecule has 25 heavy (non-hydrogen) atoms. The Kier molecular flexibility index (Phi) is 5.78. The highest BCUT2D eigenvalue weighted by atomic mass is 35.5. The third-order valence-electron chi connectivity index (χ3n) is 3.49. The Balaban J connectivity index is 1.71. The van der Waals surface area contributed by atoms with Crippen LogP contribution in [0.3, 0.4) is 0 Å². The van der Waals surface area contributed by atoms with Crippen LogP contribution in [0.1, 0.15) is 17.4 Å². The van der Waals surface area contributed by atoms with Crippen molar-refractivity contribution in [3.8, 4) is 0 Å². The van der Waals surface area contributed by atoms with Crippen LogP contribution < -0.4 is 5.32 Å². The number of aromatic nitrogens is 3. The van der Waals surface area contributed by atoms with E-state index in [4.69, 9.17) is 23.2 Å². The predicted octanol–water partition coefficient (Wildman–Crippen LogP) is 4.99. The quantitative estimate of drug-likeness (QED) is 0.471. The number of thioether (sulfide) groups is 1. The monoisotopic (exact) mass is 412 g/mol. The molecule has 0 radical (unpaired) electrons. The zero-order valence-corrected chi connectivity index (χ0v) is 16.6. The molecular formula is C16H14Cl2N4OS2. The molecular weight excluding hydrogens is 399 g/mol. The first kappa shape index (κ1) is 18.4. The number of hydrogen-bond acceptors (Lipinski definition) is 6. The van der Waals surface area contributed by atoms with Crippen molar-refractivity contribution in [2.24, 2.45) is 0 Å². The van der Waals surface area contributed by atoms with Crippen LogP contribution >= 0.6 is 46.3 Å². The molecule has 3 aromatic heterocycles. The Morgan fingerprint density at radius 1 is 1.32 bits per heavy atom. The van der Waals surface area contributed by atoms with E-state index in [0.29, 0.717) is 21.4 Å². The van der Waals surface area contributed by atoms with Gasteiger partial charge in [-0.15, -0.1) is 11.3 Å². The molecule has 0 aliphatic rings. The van der Waals surface area contributed by atoms with Gasteiger partial charge < -0.3 is 5.32 Å². The van der Waals surface area contributed by atoms with Gasteiger partial charge in [-0.2, -0.15) is 0 Å². The fourth-order valence-electron chi connectivity index (χ4n) is 2.12. The highest BCUT2D eigenvalue weighted by Crippen LogP contribution is 2.32. The summed E-state index contributed by atoms with van der Waals surface area (Å²) in [6.45, 7) is 3.87. The number of halogens is 2. The van der Waals surface area contributed by atoms with Crippen LogP contribution in [0.15, 0.2) is 23.6 Å². The largest absolute Gasteiger partial charge is 0.309 e. The normalized spacial score (nSPS) is 11.0. The molecule has 5 nitrogen and oxygen atoms in total. The van der Waals surface area contributed by atoms with Crippen molar-refractivity contribution >= 4 is 68.2 Å². The van der Waals surface area contributed by atoms with Crippen molar-refractivity contribution in [3.63, 3.8) is 0 Å². The molecule has 0 aromatic carbocycles. The van der Waals surface area contributed by atoms with E-state index in [1.54, 1.807) is 18.3 Å². The average molecular weight is 413 g/mol. The number of nitrogens with one attached hydrogen (secondary N) is 1. The van der Waals surface area contributed by atoms with Crippen molar-refractivity contribution in [1.82, 2.24) is 15.0 Å². The average Bonchev–Trinajstić information content (AvgIpc) is 3.04. The molecule has 0 aliphatic carbocycles. The number of thiophene rings is 1. The summed E-state index contributed by atoms with van der Waals surface area (Å²) in [5.74, 6) is 0.299. The molecule has 0 saturated heterocycles. The minimum atomic E-state index is -0.209. The summed E-state index contributed by atoms with van der Waals surface area (Å²) in [6.07, 6.45) is 3.95. The van der Waals surface area contributed by atoms with Crippen LogP contribution in [0, 0.1) is 6.92 Å². The fraction of sp³-hybridized carbons (Fsp3) is 0.250. The number of pyridine rings is 1. The SMILES string of the molecule is CCc1cc2c(SCC(=O)Nc3ncc(Cl)c(C)c3Cl)ncnc2s1. The molecule has 1 amide bonds. The van der Waals surface area contributed by atoms with Crippen LogP contribution in [0.5, 0.6) is 0 Å². The third-order valence-corrected chi connectivity index (χ3v) is 6.53. The van der Waals surface area contributed by atoms with E-state index >= 15 is 0 Å². The third kappa shape index (κ3) is 4.06. The first-order valence-electron chi connectivity index (χ1n) is 7.46. The predicted molar refractivity (Wildman–Crippen MR) is 105 cm³/mol. The maximum atomic E-state index is 12.2. The maximum Gasteiger partial charge on any atom is 0.235 e. The van der Waals surface area contributed by atoms with Gasteiger partial charge in [-0.1, -0.05) is 41.9 Å². The molecule has 0 fully saturated rings. The highest BCUT2D eigenvalue weighted by Gasteiger charge is 2.14. The Morgan fingerprint density at radius 3 is 2.88 bits per heavy atom. The Hall–Kier alpha value is -1.41. The first-order chi connectivity index (χ1) is 12.0. The van der Waals surface area contributed by atoms with E-state index in [9.17, 15) is 4.79 Å². The molecule has 0 atom stereocenters. The molecule has 130 valence electrons. The molecule has 1 N–H and O–H groups in total. The van der Waals surface area contributed by atoms with Crippen LogP contribution in [-0.4, -0.2) is 26.6 Å². The highest BCUT2D eigenvalue weighted by molar-refractivity contribution is 8.00. The van der Waals surface area contributed by atoms with Gasteiger partial charge >= 0.3 is 0 Å². The summed E-state index contributed by atoms with van der Waals surface area (Å²) in [4.78, 5) is 27.1. The summed E-state index contributed by atoms with van der Waals surface area (Å²) in [7, 11) is 0. The number of rotatable bonds is 5. The second-order valence-electron chi connectivity index (χ2n) is 5.19. The Morgan fingerprint density at radius 2 is 2.12 bits per heavy atom. The molecule has 9 heteroatoms. The van der Waals surface area contributed by atoms with Crippen molar-refractivity contribution in [2.45, 2.75) is 25.3 Å². The van der Waals surface area contributed by atoms with Gasteiger partial charge in [0.05, 0.1) is 15.8 Å². The van der Waals surface area contributed by atoms with Crippen LogP contribution in [0.25, 0.3) is 10.2 Å². The lowest BCUT2D eigenvalue weighted by Crippen LogP contribution is -2.15. The summed E-state index contributed by atoms with van der Waals surface area (Å²) in [5.41, 5.74) is 0.684. The van der Waals surface area contributed by atoms with Gasteiger partial charge in [-0.05, 0) is 25.0 Å². The zero-order valence-electron chi connectivity index (χ0n) is 13.5. The van der Waals surface area contributed by atoms with Gasteiger partial charge in [0.2, 0.25) is 5.91 Å². The lowest BCUT2D eigenvalue weighted by molar-refractivity contribution is -0.113. The van der Waals surface area contributed by atoms with E-state index in [2.05, 4.69) is 33.3 Å². The van der Waals surface area contributed by atoms with Crippen LogP contribution in [0.2, 0.25) is 10.0 Å². The Labute approximate surface area is 163 Å². The minimum Gasteiger partial charge on any atom is -0.309 e. The molecule has 0 saturated carbocycles. The van der Waals surface area contributed by atoms with E-state index in [-0.39, 0.29) is 11.7 Å². The topological polar surface area (TPSA) is 67.8 Å². The smallest absolute Gasteiger partial charge is 0.235 e. The molecule has 0 bridgehead atoms. The number of anilines is 1. The summed E-state index contributed by atoms with van der Waals surface area (Å²) >= 11 is 15.1. The van der Waals surface area contributed by atoms with Gasteiger partial charge in [0.15, 0.2) is 5.82 Å². The number of carbonyl (C=O) groups is 1. The zero-order chi connectivity index (χ0) is 18.0. The minimum absolute atomic E-state index is 0.198. The van der Waals surface area contributed by atoms with Crippen molar-refractivity contribution in [2.75, 3.05) is 11.1 Å². The van der Waals surface area contributed by atoms with Gasteiger partial charge in [-0.3, -0.25) is 4.79 Å². The molecule has 0 unspecified atom stereocenters. The van der Waals surface area contributed by atoms with E-state index in [0.717, 1.165) is 21.7 Å². The van der Waals surface area contributed by atoms with E-state index in [1.807, 2.05) is 0 Å². The Bertz CT molecular complexity index is 945.